The van der Waals surface area contributed by atoms with Crippen molar-refractivity contribution in [1.29, 1.82) is 0 Å². The van der Waals surface area contributed by atoms with Gasteiger partial charge in [-0.2, -0.15) is 0 Å². The van der Waals surface area contributed by atoms with Crippen molar-refractivity contribution in [2.75, 3.05) is 19.6 Å². The molecule has 2 rings (SSSR count). The van der Waals surface area contributed by atoms with Gasteiger partial charge in [0, 0.05) is 19.6 Å². The smallest absolute Gasteiger partial charge is 0.0234 e. The number of rotatable bonds is 4. The van der Waals surface area contributed by atoms with Crippen molar-refractivity contribution in [3.63, 3.8) is 0 Å². The highest BCUT2D eigenvalue weighted by Gasteiger charge is 2.24. The summed E-state index contributed by atoms with van der Waals surface area (Å²) in [6.45, 7) is 6.46. The molecular weight excluding hydrogens is 184 g/mol. The predicted molar refractivity (Wildman–Crippen MR) is 63.6 cm³/mol. The number of aryl methyl sites for hydroxylation is 1. The number of hydrogen-bond acceptors (Lipinski definition) is 2. The molecule has 0 bridgehead atoms. The number of nitrogens with two attached hydrogens (primary N) is 1. The molecule has 2 nitrogen and oxygen atoms in total. The van der Waals surface area contributed by atoms with E-state index in [1.807, 2.05) is 0 Å². The Hall–Kier alpha value is -0.860. The van der Waals surface area contributed by atoms with Gasteiger partial charge in [-0.05, 0) is 30.0 Å². The molecule has 0 radical (unpaired) electrons. The second kappa shape index (κ2) is 4.77. The van der Waals surface area contributed by atoms with Crippen LogP contribution in [0.15, 0.2) is 24.3 Å². The first-order valence-electron chi connectivity index (χ1n) is 5.82. The molecule has 2 N–H and O–H groups in total. The summed E-state index contributed by atoms with van der Waals surface area (Å²) < 4.78 is 0. The van der Waals surface area contributed by atoms with Crippen LogP contribution in [0.2, 0.25) is 0 Å². The Morgan fingerprint density at radius 3 is 2.33 bits per heavy atom. The van der Waals surface area contributed by atoms with Gasteiger partial charge in [-0.25, -0.2) is 0 Å². The molecule has 82 valence electrons. The third-order valence-electron chi connectivity index (χ3n) is 3.20. The van der Waals surface area contributed by atoms with Crippen molar-refractivity contribution in [1.82, 2.24) is 4.90 Å². The topological polar surface area (TPSA) is 29.3 Å². The summed E-state index contributed by atoms with van der Waals surface area (Å²) in [5.74, 6) is 0.736. The maximum Gasteiger partial charge on any atom is 0.0234 e. The lowest BCUT2D eigenvalue weighted by molar-refractivity contribution is 0.0979. The summed E-state index contributed by atoms with van der Waals surface area (Å²) in [6, 6.07) is 8.95. The molecule has 15 heavy (non-hydrogen) atoms. The quantitative estimate of drug-likeness (QED) is 0.808. The van der Waals surface area contributed by atoms with Crippen molar-refractivity contribution >= 4 is 0 Å². The van der Waals surface area contributed by atoms with Gasteiger partial charge < -0.3 is 5.73 Å². The van der Waals surface area contributed by atoms with Gasteiger partial charge in [-0.15, -0.1) is 0 Å². The highest BCUT2D eigenvalue weighted by molar-refractivity contribution is 5.22. The van der Waals surface area contributed by atoms with E-state index in [0.29, 0.717) is 0 Å². The Bertz CT molecular complexity index is 299. The van der Waals surface area contributed by atoms with Gasteiger partial charge in [0.05, 0.1) is 0 Å². The summed E-state index contributed by atoms with van der Waals surface area (Å²) in [5, 5.41) is 0. The molecule has 1 aromatic rings. The van der Waals surface area contributed by atoms with E-state index in [9.17, 15) is 0 Å². The van der Waals surface area contributed by atoms with Gasteiger partial charge >= 0.3 is 0 Å². The van der Waals surface area contributed by atoms with E-state index in [0.717, 1.165) is 25.4 Å². The molecule has 2 heteroatoms. The van der Waals surface area contributed by atoms with Crippen molar-refractivity contribution in [2.24, 2.45) is 11.7 Å². The lowest BCUT2D eigenvalue weighted by Gasteiger charge is -2.38. The molecule has 1 fully saturated rings. The Balaban J connectivity index is 1.84. The molecule has 0 aromatic heterocycles. The highest BCUT2D eigenvalue weighted by Crippen LogP contribution is 2.17. The second-order valence-electron chi connectivity index (χ2n) is 4.47. The van der Waals surface area contributed by atoms with Crippen molar-refractivity contribution in [2.45, 2.75) is 19.9 Å². The fourth-order valence-electron chi connectivity index (χ4n) is 2.09. The monoisotopic (exact) mass is 204 g/mol. The van der Waals surface area contributed by atoms with E-state index >= 15 is 0 Å². The zero-order valence-electron chi connectivity index (χ0n) is 9.45. The third kappa shape index (κ3) is 2.58. The summed E-state index contributed by atoms with van der Waals surface area (Å²) in [7, 11) is 0. The zero-order chi connectivity index (χ0) is 10.7. The Morgan fingerprint density at radius 2 is 1.80 bits per heavy atom. The van der Waals surface area contributed by atoms with Crippen LogP contribution in [-0.2, 0) is 13.0 Å². The molecule has 0 amide bonds. The van der Waals surface area contributed by atoms with E-state index in [2.05, 4.69) is 36.1 Å². The van der Waals surface area contributed by atoms with Gasteiger partial charge in [0.2, 0.25) is 0 Å². The van der Waals surface area contributed by atoms with Crippen LogP contribution in [0.5, 0.6) is 0 Å². The van der Waals surface area contributed by atoms with Gasteiger partial charge in [0.25, 0.3) is 0 Å². The normalized spacial score (nSPS) is 17.7. The summed E-state index contributed by atoms with van der Waals surface area (Å²) >= 11 is 0. The highest BCUT2D eigenvalue weighted by atomic mass is 15.2. The SMILES string of the molecule is CCc1ccc(CN2CC(CN)C2)cc1. The lowest BCUT2D eigenvalue weighted by atomic mass is 9.99. The fraction of sp³-hybridized carbons (Fsp3) is 0.538. The lowest BCUT2D eigenvalue weighted by Crippen LogP contribution is -2.49. The van der Waals surface area contributed by atoms with Crippen molar-refractivity contribution < 1.29 is 0 Å². The molecule has 1 aromatic carbocycles. The maximum absolute atomic E-state index is 5.60. The molecule has 1 aliphatic heterocycles. The average molecular weight is 204 g/mol. The van der Waals surface area contributed by atoms with Crippen LogP contribution in [0, 0.1) is 5.92 Å². The van der Waals surface area contributed by atoms with Gasteiger partial charge in [0.15, 0.2) is 0 Å². The molecule has 1 heterocycles. The average Bonchev–Trinajstić information content (AvgIpc) is 2.23. The Morgan fingerprint density at radius 1 is 1.20 bits per heavy atom. The van der Waals surface area contributed by atoms with Crippen LogP contribution in [0.4, 0.5) is 0 Å². The fourth-order valence-corrected chi connectivity index (χ4v) is 2.09. The molecule has 1 aliphatic rings. The van der Waals surface area contributed by atoms with E-state index in [1.165, 1.54) is 24.2 Å². The van der Waals surface area contributed by atoms with E-state index in [4.69, 9.17) is 5.73 Å². The molecule has 0 atom stereocenters. The van der Waals surface area contributed by atoms with Gasteiger partial charge in [-0.1, -0.05) is 31.2 Å². The predicted octanol–water partition coefficient (Wildman–Crippen LogP) is 1.64. The minimum absolute atomic E-state index is 0.736. The molecule has 1 saturated heterocycles. The molecule has 0 aliphatic carbocycles. The van der Waals surface area contributed by atoms with E-state index in [-0.39, 0.29) is 0 Å². The van der Waals surface area contributed by atoms with Crippen molar-refractivity contribution in [3.05, 3.63) is 35.4 Å². The first-order valence-corrected chi connectivity index (χ1v) is 5.82. The van der Waals surface area contributed by atoms with Crippen LogP contribution in [0.25, 0.3) is 0 Å². The summed E-state index contributed by atoms with van der Waals surface area (Å²) in [4.78, 5) is 2.46. The largest absolute Gasteiger partial charge is 0.330 e. The van der Waals surface area contributed by atoms with Crippen LogP contribution >= 0.6 is 0 Å². The molecular formula is C13H20N2. The zero-order valence-corrected chi connectivity index (χ0v) is 9.45. The van der Waals surface area contributed by atoms with E-state index < -0.39 is 0 Å². The van der Waals surface area contributed by atoms with E-state index in [1.54, 1.807) is 0 Å². The Labute approximate surface area is 92.1 Å². The number of nitrogens with zero attached hydrogens (tertiary/aromatic N) is 1. The summed E-state index contributed by atoms with van der Waals surface area (Å²) in [5.41, 5.74) is 8.44. The number of likely N-dealkylation sites (tertiary alicyclic amines) is 1. The number of benzene rings is 1. The second-order valence-corrected chi connectivity index (χ2v) is 4.47. The first kappa shape index (κ1) is 10.7. The Kier molecular flexibility index (Phi) is 3.39. The minimum atomic E-state index is 0.736. The van der Waals surface area contributed by atoms with Gasteiger partial charge in [0.1, 0.15) is 0 Å². The molecule has 0 saturated carbocycles. The third-order valence-corrected chi connectivity index (χ3v) is 3.20. The number of hydrogen-bond donors (Lipinski definition) is 1. The first-order chi connectivity index (χ1) is 7.31. The summed E-state index contributed by atoms with van der Waals surface area (Å²) in [6.07, 6.45) is 1.12. The van der Waals surface area contributed by atoms with Crippen LogP contribution < -0.4 is 5.73 Å². The van der Waals surface area contributed by atoms with Crippen molar-refractivity contribution in [3.8, 4) is 0 Å². The van der Waals surface area contributed by atoms with Crippen LogP contribution in [0.3, 0.4) is 0 Å². The minimum Gasteiger partial charge on any atom is -0.330 e. The molecule has 0 spiro atoms. The van der Waals surface area contributed by atoms with Gasteiger partial charge in [-0.3, -0.25) is 4.90 Å². The maximum atomic E-state index is 5.60. The standard InChI is InChI=1S/C13H20N2/c1-2-11-3-5-12(6-4-11)8-15-9-13(7-14)10-15/h3-6,13H,2,7-10,14H2,1H3. The van der Waals surface area contributed by atoms with Crippen LogP contribution in [0.1, 0.15) is 18.1 Å². The van der Waals surface area contributed by atoms with Crippen LogP contribution in [-0.4, -0.2) is 24.5 Å². The molecule has 0 unspecified atom stereocenters.